The number of likely N-dealkylation sites (N-methyl/N-ethyl adjacent to an activating group) is 2. The third-order valence-electron chi connectivity index (χ3n) is 7.45. The lowest BCUT2D eigenvalue weighted by Crippen LogP contribution is -2.42. The number of nitrogens with zero attached hydrogens (tertiary/aromatic N) is 4. The van der Waals surface area contributed by atoms with Crippen molar-refractivity contribution in [1.82, 2.24) is 19.7 Å². The van der Waals surface area contributed by atoms with Crippen molar-refractivity contribution in [3.05, 3.63) is 99.4 Å². The summed E-state index contributed by atoms with van der Waals surface area (Å²) in [5.74, 6) is 0.499. The smallest absolute Gasteiger partial charge is 0.407 e. The third-order valence-corrected chi connectivity index (χ3v) is 7.45. The Kier molecular flexibility index (Phi) is 10.6. The quantitative estimate of drug-likeness (QED) is 0.231. The van der Waals surface area contributed by atoms with Gasteiger partial charge in [0.25, 0.3) is 6.01 Å². The molecule has 11 heteroatoms. The molecule has 0 fully saturated rings. The highest BCUT2D eigenvalue weighted by Gasteiger charge is 2.25. The Labute approximate surface area is 256 Å². The molecule has 4 aromatic rings. The van der Waals surface area contributed by atoms with Gasteiger partial charge in [-0.05, 0) is 61.5 Å². The van der Waals surface area contributed by atoms with Gasteiger partial charge in [-0.2, -0.15) is 4.98 Å². The minimum absolute atomic E-state index is 0.0761. The Morgan fingerprint density at radius 1 is 0.955 bits per heavy atom. The predicted molar refractivity (Wildman–Crippen MR) is 169 cm³/mol. The Morgan fingerprint density at radius 3 is 2.30 bits per heavy atom. The van der Waals surface area contributed by atoms with Crippen LogP contribution in [0.5, 0.6) is 5.75 Å². The van der Waals surface area contributed by atoms with Crippen LogP contribution >= 0.6 is 0 Å². The Bertz CT molecular complexity index is 1640. The summed E-state index contributed by atoms with van der Waals surface area (Å²) < 4.78 is 10.9. The van der Waals surface area contributed by atoms with E-state index in [0.29, 0.717) is 48.4 Å². The molecular formula is C33H39N5O6. The van der Waals surface area contributed by atoms with Crippen LogP contribution in [0.1, 0.15) is 22.3 Å². The average Bonchev–Trinajstić information content (AvgIpc) is 3.00. The molecule has 0 unspecified atom stereocenters. The first kappa shape index (κ1) is 32.0. The monoisotopic (exact) mass is 601 g/mol. The van der Waals surface area contributed by atoms with Crippen molar-refractivity contribution in [3.63, 3.8) is 0 Å². The predicted octanol–water partition coefficient (Wildman–Crippen LogP) is 4.23. The van der Waals surface area contributed by atoms with Gasteiger partial charge in [-0.25, -0.2) is 9.59 Å². The average molecular weight is 602 g/mol. The maximum absolute atomic E-state index is 13.7. The summed E-state index contributed by atoms with van der Waals surface area (Å²) in [6.45, 7) is 3.16. The van der Waals surface area contributed by atoms with Crippen molar-refractivity contribution in [2.75, 3.05) is 46.7 Å². The second-order valence-corrected chi connectivity index (χ2v) is 11.0. The van der Waals surface area contributed by atoms with E-state index in [1.54, 1.807) is 38.1 Å². The van der Waals surface area contributed by atoms with Crippen molar-refractivity contribution in [3.8, 4) is 5.75 Å². The van der Waals surface area contributed by atoms with Crippen molar-refractivity contribution in [2.45, 2.75) is 32.5 Å². The maximum Gasteiger partial charge on any atom is 0.407 e. The minimum Gasteiger partial charge on any atom is -0.497 e. The molecule has 0 aliphatic rings. The Balaban J connectivity index is 1.62. The number of carbonyl (C=O) groups is 2. The van der Waals surface area contributed by atoms with Gasteiger partial charge in [-0.3, -0.25) is 4.79 Å². The largest absolute Gasteiger partial charge is 0.497 e. The van der Waals surface area contributed by atoms with E-state index < -0.39 is 17.8 Å². The van der Waals surface area contributed by atoms with Crippen LogP contribution in [0.15, 0.2) is 75.9 Å². The normalized spacial score (nSPS) is 11.8. The van der Waals surface area contributed by atoms with E-state index >= 15 is 0 Å². The van der Waals surface area contributed by atoms with E-state index in [1.165, 1.54) is 4.90 Å². The standard InChI is InChI=1S/C33H39N5O6/c1-22-25(21-38(33(41)42)18-17-36(2)3)13-16-27-29(22)31(40)44-32(34-27)35-28(19-23-11-14-26(43-5)15-12-23)30(39)37(4)20-24-9-7-6-8-10-24/h6-16,28H,17-21H2,1-5H3,(H,34,35)(H,41,42)/t28-/m0/s1. The van der Waals surface area contributed by atoms with E-state index in [2.05, 4.69) is 10.3 Å². The molecule has 232 valence electrons. The summed E-state index contributed by atoms with van der Waals surface area (Å²) in [6, 6.07) is 19.7. The number of aryl methyl sites for hydroxylation is 1. The lowest BCUT2D eigenvalue weighted by atomic mass is 10.0. The zero-order valence-electron chi connectivity index (χ0n) is 25.7. The molecule has 1 atom stereocenters. The molecule has 0 aliphatic heterocycles. The summed E-state index contributed by atoms with van der Waals surface area (Å²) in [6.07, 6.45) is -0.734. The Hall–Kier alpha value is -4.90. The number of ether oxygens (including phenoxy) is 1. The van der Waals surface area contributed by atoms with Crippen LogP contribution in [0.3, 0.4) is 0 Å². The molecule has 4 rings (SSSR count). The lowest BCUT2D eigenvalue weighted by molar-refractivity contribution is -0.131. The van der Waals surface area contributed by atoms with Crippen LogP contribution < -0.4 is 15.7 Å². The zero-order valence-corrected chi connectivity index (χ0v) is 25.7. The fourth-order valence-corrected chi connectivity index (χ4v) is 4.91. The number of carbonyl (C=O) groups excluding carboxylic acids is 1. The zero-order chi connectivity index (χ0) is 31.8. The fraction of sp³-hybridized carbons (Fsp3) is 0.333. The molecule has 44 heavy (non-hydrogen) atoms. The van der Waals surface area contributed by atoms with Gasteiger partial charge < -0.3 is 34.3 Å². The van der Waals surface area contributed by atoms with E-state index in [4.69, 9.17) is 9.15 Å². The molecule has 0 bridgehead atoms. The molecule has 2 N–H and O–H groups in total. The number of fused-ring (bicyclic) bond motifs is 1. The molecule has 11 nitrogen and oxygen atoms in total. The van der Waals surface area contributed by atoms with Gasteiger partial charge in [0.1, 0.15) is 11.8 Å². The number of anilines is 1. The molecule has 1 heterocycles. The number of hydrogen-bond donors (Lipinski definition) is 2. The van der Waals surface area contributed by atoms with Gasteiger partial charge in [0.05, 0.1) is 18.0 Å². The van der Waals surface area contributed by atoms with Crippen molar-refractivity contribution in [2.24, 2.45) is 0 Å². The highest BCUT2D eigenvalue weighted by atomic mass is 16.5. The van der Waals surface area contributed by atoms with Crippen LogP contribution in [0.2, 0.25) is 0 Å². The first-order valence-electron chi connectivity index (χ1n) is 14.3. The fourth-order valence-electron chi connectivity index (χ4n) is 4.91. The summed E-state index contributed by atoms with van der Waals surface area (Å²) in [5.41, 5.74) is 2.90. The lowest BCUT2D eigenvalue weighted by Gasteiger charge is -2.25. The van der Waals surface area contributed by atoms with Gasteiger partial charge in [0.15, 0.2) is 0 Å². The number of hydrogen-bond acceptors (Lipinski definition) is 8. The molecule has 0 spiro atoms. The number of benzene rings is 3. The van der Waals surface area contributed by atoms with Crippen LogP contribution in [-0.4, -0.2) is 84.2 Å². The van der Waals surface area contributed by atoms with E-state index in [0.717, 1.165) is 11.1 Å². The molecule has 2 amide bonds. The maximum atomic E-state index is 13.7. The van der Waals surface area contributed by atoms with Crippen LogP contribution in [0.4, 0.5) is 10.8 Å². The summed E-state index contributed by atoms with van der Waals surface area (Å²) >= 11 is 0. The van der Waals surface area contributed by atoms with E-state index in [-0.39, 0.29) is 23.9 Å². The minimum atomic E-state index is -1.04. The SMILES string of the molecule is COc1ccc(C[C@H](Nc2nc3ccc(CN(CCN(C)C)C(=O)O)c(C)c3c(=O)o2)C(=O)N(C)Cc2ccccc2)cc1. The van der Waals surface area contributed by atoms with Crippen molar-refractivity contribution >= 4 is 28.9 Å². The first-order chi connectivity index (χ1) is 21.0. The topological polar surface area (TPSA) is 128 Å². The number of rotatable bonds is 13. The highest BCUT2D eigenvalue weighted by Crippen LogP contribution is 2.22. The number of amides is 2. The van der Waals surface area contributed by atoms with Gasteiger partial charge in [0.2, 0.25) is 5.91 Å². The van der Waals surface area contributed by atoms with Gasteiger partial charge in [-0.1, -0.05) is 48.5 Å². The van der Waals surface area contributed by atoms with Crippen LogP contribution in [0.25, 0.3) is 10.9 Å². The third kappa shape index (κ3) is 8.13. The molecular weight excluding hydrogens is 562 g/mol. The molecule has 0 saturated carbocycles. The molecule has 3 aromatic carbocycles. The number of methoxy groups -OCH3 is 1. The summed E-state index contributed by atoms with van der Waals surface area (Å²) in [4.78, 5) is 48.2. The first-order valence-corrected chi connectivity index (χ1v) is 14.3. The van der Waals surface area contributed by atoms with Crippen LogP contribution in [-0.2, 0) is 24.3 Å². The molecule has 0 saturated heterocycles. The van der Waals surface area contributed by atoms with Crippen LogP contribution in [0, 0.1) is 6.92 Å². The van der Waals surface area contributed by atoms with E-state index in [9.17, 15) is 19.5 Å². The number of nitrogens with one attached hydrogen (secondary N) is 1. The summed E-state index contributed by atoms with van der Waals surface area (Å²) in [5, 5.41) is 13.0. The molecule has 0 aliphatic carbocycles. The second kappa shape index (κ2) is 14.5. The second-order valence-electron chi connectivity index (χ2n) is 11.0. The molecule has 1 aromatic heterocycles. The summed E-state index contributed by atoms with van der Waals surface area (Å²) in [7, 11) is 7.07. The van der Waals surface area contributed by atoms with E-state index in [1.807, 2.05) is 73.6 Å². The van der Waals surface area contributed by atoms with Crippen molar-refractivity contribution < 1.29 is 23.8 Å². The Morgan fingerprint density at radius 2 is 1.66 bits per heavy atom. The molecule has 0 radical (unpaired) electrons. The number of carboxylic acid groups (broad SMARTS) is 1. The van der Waals surface area contributed by atoms with Gasteiger partial charge in [0, 0.05) is 39.6 Å². The number of aromatic nitrogens is 1. The van der Waals surface area contributed by atoms with Crippen molar-refractivity contribution in [1.29, 1.82) is 0 Å². The van der Waals surface area contributed by atoms with Gasteiger partial charge >= 0.3 is 11.7 Å². The highest BCUT2D eigenvalue weighted by molar-refractivity contribution is 5.85. The van der Waals surface area contributed by atoms with Gasteiger partial charge in [-0.15, -0.1) is 0 Å².